The van der Waals surface area contributed by atoms with E-state index in [4.69, 9.17) is 11.6 Å². The van der Waals surface area contributed by atoms with Crippen LogP contribution in [0.4, 0.5) is 11.4 Å². The van der Waals surface area contributed by atoms with Crippen molar-refractivity contribution in [3.8, 4) is 5.75 Å². The summed E-state index contributed by atoms with van der Waals surface area (Å²) in [5, 5.41) is 16.5. The molecule has 6 nitrogen and oxygen atoms in total. The number of hydrogen-bond donors (Lipinski definition) is 2. The van der Waals surface area contributed by atoms with Crippen LogP contribution in [0.3, 0.4) is 0 Å². The molecule has 0 aliphatic carbocycles. The average molecular weight is 481 g/mol. The van der Waals surface area contributed by atoms with Crippen LogP contribution in [-0.4, -0.2) is 36.8 Å². The summed E-state index contributed by atoms with van der Waals surface area (Å²) >= 11 is 5.95. The Bertz CT molecular complexity index is 1510. The van der Waals surface area contributed by atoms with E-state index in [1.54, 1.807) is 36.5 Å². The van der Waals surface area contributed by atoms with Gasteiger partial charge in [-0.25, -0.2) is 0 Å². The standard InChI is InChI=1S/C25H22ClN3O3S/c1-16-2-8-20(9-3-16)33(31,32)29-15-18-11-13-27-21-14-22(25(30)24(29)23(18)21)28-12-10-17-4-6-19(26)7-5-17/h2-9,14-15H,10-13H2,1H3,(H,27,28)/p+1. The van der Waals surface area contributed by atoms with Crippen LogP contribution in [0.15, 0.2) is 64.5 Å². The smallest absolute Gasteiger partial charge is 0.400 e. The maximum absolute atomic E-state index is 13.5. The van der Waals surface area contributed by atoms with E-state index in [2.05, 4.69) is 10.3 Å². The summed E-state index contributed by atoms with van der Waals surface area (Å²) in [7, 11) is -3.89. The first-order chi connectivity index (χ1) is 15.8. The molecular formula is C25H23ClN3O3S+. The third-order valence-electron chi connectivity index (χ3n) is 5.95. The van der Waals surface area contributed by atoms with E-state index in [0.29, 0.717) is 40.8 Å². The highest BCUT2D eigenvalue weighted by atomic mass is 35.5. The second kappa shape index (κ2) is 8.32. The van der Waals surface area contributed by atoms with Crippen LogP contribution in [0.5, 0.6) is 5.75 Å². The molecule has 2 aliphatic heterocycles. The molecule has 5 rings (SSSR count). The molecule has 168 valence electrons. The van der Waals surface area contributed by atoms with Crippen molar-refractivity contribution in [1.82, 2.24) is 0 Å². The molecule has 0 unspecified atom stereocenters. The van der Waals surface area contributed by atoms with Crippen LogP contribution >= 0.6 is 11.6 Å². The van der Waals surface area contributed by atoms with Gasteiger partial charge in [0.05, 0.1) is 16.3 Å². The third kappa shape index (κ3) is 3.92. The quantitative estimate of drug-likeness (QED) is 0.419. The Morgan fingerprint density at radius 3 is 2.58 bits per heavy atom. The second-order valence-electron chi connectivity index (χ2n) is 8.22. The second-order valence-corrected chi connectivity index (χ2v) is 10.5. The number of halogens is 1. The molecule has 0 atom stereocenters. The first-order valence-electron chi connectivity index (χ1n) is 10.7. The predicted molar refractivity (Wildman–Crippen MR) is 130 cm³/mol. The van der Waals surface area contributed by atoms with Crippen LogP contribution in [0.2, 0.25) is 5.02 Å². The molecule has 0 spiro atoms. The zero-order valence-corrected chi connectivity index (χ0v) is 19.6. The molecule has 2 N–H and O–H groups in total. The van der Waals surface area contributed by atoms with Crippen LogP contribution in [-0.2, 0) is 16.4 Å². The average Bonchev–Trinajstić information content (AvgIpc) is 3.21. The Balaban J connectivity index is 1.52. The van der Waals surface area contributed by atoms with Gasteiger partial charge in [-0.2, -0.15) is 8.42 Å². The number of nitrogens with zero attached hydrogens (tertiary/aromatic N) is 2. The Kier molecular flexibility index (Phi) is 5.46. The van der Waals surface area contributed by atoms with Crippen LogP contribution in [0, 0.1) is 6.92 Å². The maximum Gasteiger partial charge on any atom is 0.400 e. The number of anilines is 1. The van der Waals surface area contributed by atoms with Crippen LogP contribution in [0.25, 0.3) is 5.57 Å². The van der Waals surface area contributed by atoms with Gasteiger partial charge in [0.1, 0.15) is 4.90 Å². The van der Waals surface area contributed by atoms with Crippen molar-refractivity contribution in [3.05, 3.63) is 81.3 Å². The first-order valence-corrected chi connectivity index (χ1v) is 12.5. The molecule has 2 aliphatic rings. The molecule has 33 heavy (non-hydrogen) atoms. The maximum atomic E-state index is 13.5. The fourth-order valence-electron chi connectivity index (χ4n) is 4.20. The number of phenolic OH excluding ortho intramolecular Hbond substituents is 1. The van der Waals surface area contributed by atoms with Crippen molar-refractivity contribution >= 4 is 44.8 Å². The fourth-order valence-corrected chi connectivity index (χ4v) is 5.72. The zero-order chi connectivity index (χ0) is 23.2. The molecule has 0 saturated heterocycles. The van der Waals surface area contributed by atoms with Crippen molar-refractivity contribution in [2.24, 2.45) is 4.99 Å². The molecule has 3 aromatic carbocycles. The summed E-state index contributed by atoms with van der Waals surface area (Å²) in [6, 6.07) is 16.1. The zero-order valence-electron chi connectivity index (χ0n) is 18.0. The van der Waals surface area contributed by atoms with Gasteiger partial charge in [-0.1, -0.05) is 45.4 Å². The lowest BCUT2D eigenvalue weighted by molar-refractivity contribution is -0.253. The minimum Gasteiger partial charge on any atom is -0.501 e. The van der Waals surface area contributed by atoms with E-state index < -0.39 is 10.0 Å². The number of hydrogen-bond acceptors (Lipinski definition) is 5. The van der Waals surface area contributed by atoms with Crippen molar-refractivity contribution in [1.29, 1.82) is 0 Å². The molecule has 0 fully saturated rings. The Morgan fingerprint density at radius 2 is 1.85 bits per heavy atom. The monoisotopic (exact) mass is 480 g/mol. The van der Waals surface area contributed by atoms with Crippen molar-refractivity contribution < 1.29 is 17.5 Å². The number of aromatic hydroxyl groups is 1. The van der Waals surface area contributed by atoms with E-state index in [0.717, 1.165) is 23.1 Å². The molecule has 3 aromatic rings. The van der Waals surface area contributed by atoms with Gasteiger partial charge >= 0.3 is 10.0 Å². The van der Waals surface area contributed by atoms with Crippen LogP contribution in [0.1, 0.15) is 17.5 Å². The Labute approximate surface area is 197 Å². The molecule has 0 radical (unpaired) electrons. The highest BCUT2D eigenvalue weighted by Gasteiger charge is 2.39. The topological polar surface area (TPSA) is 81.8 Å². The number of aryl methyl sites for hydroxylation is 1. The predicted octanol–water partition coefficient (Wildman–Crippen LogP) is 3.30. The van der Waals surface area contributed by atoms with Crippen molar-refractivity contribution in [2.45, 2.75) is 24.7 Å². The highest BCUT2D eigenvalue weighted by Crippen LogP contribution is 2.35. The van der Waals surface area contributed by atoms with E-state index >= 15 is 0 Å². The number of rotatable bonds is 6. The first kappa shape index (κ1) is 21.7. The highest BCUT2D eigenvalue weighted by molar-refractivity contribution is 7.85. The molecule has 0 bridgehead atoms. The van der Waals surface area contributed by atoms with Gasteiger partial charge in [0.2, 0.25) is 5.75 Å². The lowest BCUT2D eigenvalue weighted by Crippen LogP contribution is -2.32. The molecular weight excluding hydrogens is 458 g/mol. The summed E-state index contributed by atoms with van der Waals surface area (Å²) < 4.78 is 28.2. The van der Waals surface area contributed by atoms with Gasteiger partial charge in [0.25, 0.3) is 5.69 Å². The van der Waals surface area contributed by atoms with Crippen LogP contribution < -0.4 is 15.9 Å². The summed E-state index contributed by atoms with van der Waals surface area (Å²) in [6.45, 7) is 3.04. The fraction of sp³-hybridized carbons (Fsp3) is 0.200. The minimum absolute atomic E-state index is 0.0936. The number of nitrogens with one attached hydrogen (secondary N) is 1. The van der Waals surface area contributed by atoms with Crippen molar-refractivity contribution in [3.63, 3.8) is 0 Å². The third-order valence-corrected chi connectivity index (χ3v) is 7.88. The van der Waals surface area contributed by atoms with Gasteiger partial charge in [-0.3, -0.25) is 4.99 Å². The lowest BCUT2D eigenvalue weighted by atomic mass is 10.1. The Morgan fingerprint density at radius 1 is 1.12 bits per heavy atom. The molecule has 2 heterocycles. The number of phenols is 1. The molecule has 0 saturated carbocycles. The molecule has 0 aromatic heterocycles. The largest absolute Gasteiger partial charge is 0.501 e. The van der Waals surface area contributed by atoms with Gasteiger partial charge in [-0.05, 0) is 55.7 Å². The summed E-state index contributed by atoms with van der Waals surface area (Å²) in [4.78, 5) is 4.77. The summed E-state index contributed by atoms with van der Waals surface area (Å²) in [5.41, 5.74) is 3.67. The number of sulfonamides is 1. The van der Waals surface area contributed by atoms with E-state index in [-0.39, 0.29) is 16.3 Å². The van der Waals surface area contributed by atoms with Crippen molar-refractivity contribution in [2.75, 3.05) is 18.4 Å². The lowest BCUT2D eigenvalue weighted by Gasteiger charge is -2.11. The normalized spacial score (nSPS) is 14.5. The summed E-state index contributed by atoms with van der Waals surface area (Å²) in [5.74, 6) is -0.0936. The van der Waals surface area contributed by atoms with Gasteiger partial charge in [0.15, 0.2) is 6.21 Å². The Hall–Kier alpha value is -3.16. The van der Waals surface area contributed by atoms with E-state index in [1.165, 1.54) is 3.98 Å². The van der Waals surface area contributed by atoms with Gasteiger partial charge in [-0.15, -0.1) is 0 Å². The van der Waals surface area contributed by atoms with E-state index in [1.807, 2.05) is 31.2 Å². The van der Waals surface area contributed by atoms with E-state index in [9.17, 15) is 13.5 Å². The number of benzene rings is 3. The minimum atomic E-state index is -3.89. The van der Waals surface area contributed by atoms with Gasteiger partial charge < -0.3 is 10.4 Å². The molecule has 8 heteroatoms. The summed E-state index contributed by atoms with van der Waals surface area (Å²) in [6.07, 6.45) is 2.97. The van der Waals surface area contributed by atoms with Gasteiger partial charge in [0, 0.05) is 23.7 Å². The SMILES string of the molecule is Cc1ccc(S(=O)(=O)[N+]2=CC3=c4c2c(O)c(NCCc2ccc(Cl)cc2)cc4=NCC3)cc1. The molecule has 0 amide bonds.